The summed E-state index contributed by atoms with van der Waals surface area (Å²) in [4.78, 5) is 29.8. The molecule has 1 unspecified atom stereocenters. The number of esters is 1. The molecular formula is C40H40N2O5S. The van der Waals surface area contributed by atoms with Crippen molar-refractivity contribution in [3.63, 3.8) is 0 Å². The molecule has 0 aliphatic carbocycles. The van der Waals surface area contributed by atoms with Crippen molar-refractivity contribution in [2.45, 2.75) is 45.4 Å². The molecule has 0 radical (unpaired) electrons. The lowest BCUT2D eigenvalue weighted by atomic mass is 10.1. The topological polar surface area (TPSA) is 76.2 Å². The second kappa shape index (κ2) is 16.2. The molecule has 5 rings (SSSR count). The molecule has 0 aliphatic heterocycles. The Kier molecular flexibility index (Phi) is 11.6. The number of benzene rings is 5. The molecule has 0 saturated heterocycles. The molecule has 0 bridgehead atoms. The number of rotatable bonds is 13. The van der Waals surface area contributed by atoms with E-state index in [1.165, 1.54) is 0 Å². The number of aryl methyl sites for hydroxylation is 3. The van der Waals surface area contributed by atoms with Crippen molar-refractivity contribution in [3.05, 3.63) is 160 Å². The molecule has 0 heterocycles. The Hall–Kier alpha value is -5.05. The third-order valence-electron chi connectivity index (χ3n) is 7.85. The Labute approximate surface area is 285 Å². The van der Waals surface area contributed by atoms with Crippen LogP contribution < -0.4 is 9.64 Å². The first-order chi connectivity index (χ1) is 23.2. The van der Waals surface area contributed by atoms with E-state index < -0.39 is 17.0 Å². The summed E-state index contributed by atoms with van der Waals surface area (Å²) in [6, 6.07) is 37.8. The highest BCUT2D eigenvalue weighted by atomic mass is 32.2. The number of ether oxygens (including phenoxy) is 2. The summed E-state index contributed by atoms with van der Waals surface area (Å²) in [7, 11) is 0.132. The van der Waals surface area contributed by atoms with Gasteiger partial charge in [-0.3, -0.25) is 4.79 Å². The summed E-state index contributed by atoms with van der Waals surface area (Å²) in [5.41, 5.74) is 6.42. The number of carbonyl (C=O) groups excluding carboxylic acids is 2. The lowest BCUT2D eigenvalue weighted by molar-refractivity contribution is -0.118. The molecule has 1 amide bonds. The second-order valence-corrected chi connectivity index (χ2v) is 13.3. The van der Waals surface area contributed by atoms with Crippen molar-refractivity contribution in [2.24, 2.45) is 0 Å². The van der Waals surface area contributed by atoms with Crippen LogP contribution in [-0.4, -0.2) is 34.0 Å². The molecule has 1 atom stereocenters. The zero-order valence-corrected chi connectivity index (χ0v) is 28.5. The van der Waals surface area contributed by atoms with Gasteiger partial charge in [-0.25, -0.2) is 13.3 Å². The zero-order valence-electron chi connectivity index (χ0n) is 27.7. The standard InChI is InChI=1S/C40H40N2O5S/c1-29-22-30(2)39(31(3)23-29)48(45)41(4)26-38(43)42(25-32-14-8-5-9-15-32)35-20-21-36(40(44)47-28-34-18-12-7-13-19-34)37(24-35)46-27-33-16-10-6-11-17-33/h5-24H,25-28H2,1-4H3. The maximum atomic E-state index is 14.1. The van der Waals surface area contributed by atoms with Crippen LogP contribution in [0.15, 0.2) is 126 Å². The van der Waals surface area contributed by atoms with E-state index in [2.05, 4.69) is 0 Å². The summed E-state index contributed by atoms with van der Waals surface area (Å²) in [5.74, 6) is -0.498. The Morgan fingerprint density at radius 1 is 0.688 bits per heavy atom. The van der Waals surface area contributed by atoms with Gasteiger partial charge >= 0.3 is 5.97 Å². The van der Waals surface area contributed by atoms with E-state index in [4.69, 9.17) is 9.47 Å². The Balaban J connectivity index is 1.45. The SMILES string of the molecule is Cc1cc(C)c(S(=O)N(C)CC(=O)N(Cc2ccccc2)c2ccc(C(=O)OCc3ccccc3)c(OCc3ccccc3)c2)c(C)c1. The van der Waals surface area contributed by atoms with Gasteiger partial charge in [0.1, 0.15) is 35.5 Å². The van der Waals surface area contributed by atoms with Gasteiger partial charge in [-0.1, -0.05) is 109 Å². The zero-order chi connectivity index (χ0) is 34.0. The molecule has 0 saturated carbocycles. The number of anilines is 1. The summed E-state index contributed by atoms with van der Waals surface area (Å²) in [6.07, 6.45) is 0. The number of amides is 1. The number of likely N-dealkylation sites (N-methyl/N-ethyl adjacent to an activating group) is 1. The highest BCUT2D eigenvalue weighted by molar-refractivity contribution is 7.82. The molecule has 7 nitrogen and oxygen atoms in total. The fraction of sp³-hybridized carbons (Fsp3) is 0.200. The molecule has 8 heteroatoms. The average molecular weight is 661 g/mol. The monoisotopic (exact) mass is 660 g/mol. The lowest BCUT2D eigenvalue weighted by Gasteiger charge is -2.27. The second-order valence-electron chi connectivity index (χ2n) is 11.7. The molecule has 246 valence electrons. The minimum atomic E-state index is -1.56. The van der Waals surface area contributed by atoms with E-state index in [-0.39, 0.29) is 37.8 Å². The van der Waals surface area contributed by atoms with Crippen LogP contribution in [-0.2, 0) is 40.3 Å². The molecule has 5 aromatic carbocycles. The minimum Gasteiger partial charge on any atom is -0.488 e. The molecule has 0 fully saturated rings. The summed E-state index contributed by atoms with van der Waals surface area (Å²) >= 11 is 0. The maximum Gasteiger partial charge on any atom is 0.342 e. The van der Waals surface area contributed by atoms with Gasteiger partial charge in [0.25, 0.3) is 0 Å². The Morgan fingerprint density at radius 3 is 1.81 bits per heavy atom. The Bertz CT molecular complexity index is 1860. The molecule has 48 heavy (non-hydrogen) atoms. The molecule has 0 N–H and O–H groups in total. The highest BCUT2D eigenvalue weighted by Crippen LogP contribution is 2.30. The minimum absolute atomic E-state index is 0.104. The van der Waals surface area contributed by atoms with Crippen LogP contribution in [0.25, 0.3) is 0 Å². The van der Waals surface area contributed by atoms with Crippen LogP contribution in [0.3, 0.4) is 0 Å². The number of hydrogen-bond acceptors (Lipinski definition) is 5. The van der Waals surface area contributed by atoms with Gasteiger partial charge in [-0.15, -0.1) is 0 Å². The quantitative estimate of drug-likeness (QED) is 0.121. The van der Waals surface area contributed by atoms with Gasteiger partial charge in [0.15, 0.2) is 0 Å². The molecule has 0 aromatic heterocycles. The Morgan fingerprint density at radius 2 is 1.23 bits per heavy atom. The van der Waals surface area contributed by atoms with Crippen molar-refractivity contribution in [2.75, 3.05) is 18.5 Å². The van der Waals surface area contributed by atoms with Gasteiger partial charge in [0, 0.05) is 18.8 Å². The predicted octanol–water partition coefficient (Wildman–Crippen LogP) is 7.74. The van der Waals surface area contributed by atoms with Crippen LogP contribution in [0, 0.1) is 20.8 Å². The van der Waals surface area contributed by atoms with Gasteiger partial charge < -0.3 is 14.4 Å². The van der Waals surface area contributed by atoms with Crippen molar-refractivity contribution in [1.82, 2.24) is 4.31 Å². The van der Waals surface area contributed by atoms with Crippen molar-refractivity contribution in [1.29, 1.82) is 0 Å². The summed E-state index contributed by atoms with van der Waals surface area (Å²) in [6.45, 7) is 6.37. The van der Waals surface area contributed by atoms with Gasteiger partial charge in [-0.2, -0.15) is 0 Å². The van der Waals surface area contributed by atoms with Crippen LogP contribution in [0.1, 0.15) is 43.7 Å². The van der Waals surface area contributed by atoms with E-state index in [9.17, 15) is 13.8 Å². The van der Waals surface area contributed by atoms with Crippen LogP contribution in [0.4, 0.5) is 5.69 Å². The van der Waals surface area contributed by atoms with E-state index in [0.29, 0.717) is 16.3 Å². The van der Waals surface area contributed by atoms with Gasteiger partial charge in [0.05, 0.1) is 18.0 Å². The predicted molar refractivity (Wildman–Crippen MR) is 190 cm³/mol. The fourth-order valence-electron chi connectivity index (χ4n) is 5.53. The third kappa shape index (κ3) is 8.85. The molecule has 0 aliphatic rings. The van der Waals surface area contributed by atoms with E-state index >= 15 is 0 Å². The molecule has 0 spiro atoms. The normalized spacial score (nSPS) is 11.6. The first-order valence-electron chi connectivity index (χ1n) is 15.8. The van der Waals surface area contributed by atoms with E-state index in [0.717, 1.165) is 33.4 Å². The largest absolute Gasteiger partial charge is 0.488 e. The third-order valence-corrected chi connectivity index (χ3v) is 9.54. The smallest absolute Gasteiger partial charge is 0.342 e. The first kappa shape index (κ1) is 34.3. The van der Waals surface area contributed by atoms with Crippen LogP contribution in [0.5, 0.6) is 5.75 Å². The van der Waals surface area contributed by atoms with Crippen LogP contribution in [0.2, 0.25) is 0 Å². The summed E-state index contributed by atoms with van der Waals surface area (Å²) < 4.78 is 27.2. The van der Waals surface area contributed by atoms with E-state index in [1.807, 2.05) is 124 Å². The van der Waals surface area contributed by atoms with Crippen molar-refractivity contribution < 1.29 is 23.3 Å². The van der Waals surface area contributed by atoms with Crippen molar-refractivity contribution >= 4 is 28.5 Å². The van der Waals surface area contributed by atoms with Crippen LogP contribution >= 0.6 is 0 Å². The summed E-state index contributed by atoms with van der Waals surface area (Å²) in [5, 5.41) is 0. The number of carbonyl (C=O) groups is 2. The number of nitrogens with zero attached hydrogens (tertiary/aromatic N) is 2. The highest BCUT2D eigenvalue weighted by Gasteiger charge is 2.25. The van der Waals surface area contributed by atoms with E-state index in [1.54, 1.807) is 34.5 Å². The molecular weight excluding hydrogens is 621 g/mol. The van der Waals surface area contributed by atoms with Crippen molar-refractivity contribution in [3.8, 4) is 5.75 Å². The van der Waals surface area contributed by atoms with Gasteiger partial charge in [-0.05, 0) is 60.7 Å². The lowest BCUT2D eigenvalue weighted by Crippen LogP contribution is -2.39. The number of hydrogen-bond donors (Lipinski definition) is 0. The fourth-order valence-corrected chi connectivity index (χ4v) is 6.73. The van der Waals surface area contributed by atoms with Gasteiger partial charge in [0.2, 0.25) is 5.91 Å². The maximum absolute atomic E-state index is 14.1. The molecule has 5 aromatic rings. The average Bonchev–Trinajstić information content (AvgIpc) is 3.09. The first-order valence-corrected chi connectivity index (χ1v) is 16.9.